The third-order valence-electron chi connectivity index (χ3n) is 2.76. The highest BCUT2D eigenvalue weighted by Gasteiger charge is 2.20. The molecule has 0 saturated carbocycles. The van der Waals surface area contributed by atoms with Crippen LogP contribution in [0.5, 0.6) is 0 Å². The number of hydrogen-bond acceptors (Lipinski definition) is 1. The van der Waals surface area contributed by atoms with Gasteiger partial charge >= 0.3 is 0 Å². The second kappa shape index (κ2) is 3.30. The molecular formula is C11H14ClN. The number of halogens is 1. The van der Waals surface area contributed by atoms with Crippen molar-refractivity contribution in [2.24, 2.45) is 0 Å². The Morgan fingerprint density at radius 1 is 1.54 bits per heavy atom. The van der Waals surface area contributed by atoms with Crippen LogP contribution < -0.4 is 0 Å². The average Bonchev–Trinajstić information content (AvgIpc) is 2.02. The molecule has 1 aromatic heterocycles. The molecule has 0 aromatic carbocycles. The Balaban J connectivity index is 2.56. The number of hydrogen-bond donors (Lipinski definition) is 0. The molecule has 0 radical (unpaired) electrons. The molecular weight excluding hydrogens is 182 g/mol. The monoisotopic (exact) mass is 195 g/mol. The largest absolute Gasteiger partial charge is 0.258 e. The van der Waals surface area contributed by atoms with Crippen LogP contribution in [0.25, 0.3) is 0 Å². The smallest absolute Gasteiger partial charge is 0.0476 e. The first-order chi connectivity index (χ1) is 6.18. The van der Waals surface area contributed by atoms with Crippen molar-refractivity contribution in [3.05, 3.63) is 28.0 Å². The Morgan fingerprint density at radius 3 is 3.08 bits per heavy atom. The Labute approximate surface area is 84.1 Å². The maximum Gasteiger partial charge on any atom is 0.0476 e. The third-order valence-corrected chi connectivity index (χ3v) is 3.07. The molecule has 1 heterocycles. The summed E-state index contributed by atoms with van der Waals surface area (Å²) in [7, 11) is 0. The molecule has 13 heavy (non-hydrogen) atoms. The molecule has 1 aromatic rings. The van der Waals surface area contributed by atoms with Gasteiger partial charge in [0.15, 0.2) is 0 Å². The van der Waals surface area contributed by atoms with Crippen molar-refractivity contribution in [2.45, 2.75) is 39.0 Å². The minimum Gasteiger partial charge on any atom is -0.258 e. The van der Waals surface area contributed by atoms with Gasteiger partial charge in [0.1, 0.15) is 0 Å². The van der Waals surface area contributed by atoms with Crippen molar-refractivity contribution in [1.29, 1.82) is 0 Å². The van der Waals surface area contributed by atoms with E-state index >= 15 is 0 Å². The number of aromatic nitrogens is 1. The summed E-state index contributed by atoms with van der Waals surface area (Å²) < 4.78 is 0. The van der Waals surface area contributed by atoms with Crippen LogP contribution in [0.3, 0.4) is 0 Å². The Bertz CT molecular complexity index is 333. The Morgan fingerprint density at radius 2 is 2.31 bits per heavy atom. The topological polar surface area (TPSA) is 12.9 Å². The van der Waals surface area contributed by atoms with Crippen molar-refractivity contribution < 1.29 is 0 Å². The molecule has 0 amide bonds. The van der Waals surface area contributed by atoms with Gasteiger partial charge in [-0.2, -0.15) is 0 Å². The Hall–Kier alpha value is -0.560. The lowest BCUT2D eigenvalue weighted by molar-refractivity contribution is 0.578. The van der Waals surface area contributed by atoms with Gasteiger partial charge in [-0.3, -0.25) is 4.98 Å². The summed E-state index contributed by atoms with van der Waals surface area (Å²) in [5.41, 5.74) is 3.56. The fourth-order valence-electron chi connectivity index (χ4n) is 2.13. The first-order valence-corrected chi connectivity index (χ1v) is 5.22. The van der Waals surface area contributed by atoms with Crippen LogP contribution in [0.4, 0.5) is 0 Å². The van der Waals surface area contributed by atoms with Crippen LogP contribution in [0.1, 0.15) is 42.6 Å². The van der Waals surface area contributed by atoms with E-state index in [0.29, 0.717) is 5.92 Å². The predicted molar refractivity (Wildman–Crippen MR) is 55.3 cm³/mol. The van der Waals surface area contributed by atoms with Gasteiger partial charge in [0.2, 0.25) is 0 Å². The zero-order chi connectivity index (χ0) is 9.42. The summed E-state index contributed by atoms with van der Waals surface area (Å²) in [5, 5.41) is 0.912. The van der Waals surface area contributed by atoms with Crippen LogP contribution in [0.15, 0.2) is 6.07 Å². The minimum absolute atomic E-state index is 0.587. The third kappa shape index (κ3) is 1.58. The molecule has 1 nitrogen and oxygen atoms in total. The molecule has 1 aliphatic rings. The minimum atomic E-state index is 0.587. The van der Waals surface area contributed by atoms with E-state index in [1.165, 1.54) is 24.1 Å². The molecule has 0 saturated heterocycles. The lowest BCUT2D eigenvalue weighted by Gasteiger charge is -2.22. The van der Waals surface area contributed by atoms with Crippen molar-refractivity contribution in [1.82, 2.24) is 4.98 Å². The molecule has 1 atom stereocenters. The molecule has 2 rings (SSSR count). The second-order valence-electron chi connectivity index (χ2n) is 3.90. The van der Waals surface area contributed by atoms with Crippen LogP contribution in [-0.2, 0) is 6.42 Å². The van der Waals surface area contributed by atoms with E-state index in [2.05, 4.69) is 11.9 Å². The maximum atomic E-state index is 6.20. The van der Waals surface area contributed by atoms with Gasteiger partial charge in [-0.1, -0.05) is 18.5 Å². The number of nitrogens with zero attached hydrogens (tertiary/aromatic N) is 1. The highest BCUT2D eigenvalue weighted by molar-refractivity contribution is 6.31. The standard InChI is InChI=1S/C11H14ClN/c1-7-4-3-5-10-11(7)9(12)6-8(2)13-10/h6-7H,3-5H2,1-2H3. The summed E-state index contributed by atoms with van der Waals surface area (Å²) >= 11 is 6.20. The van der Waals surface area contributed by atoms with Gasteiger partial charge < -0.3 is 0 Å². The van der Waals surface area contributed by atoms with E-state index in [9.17, 15) is 0 Å². The van der Waals surface area contributed by atoms with E-state index in [1.54, 1.807) is 0 Å². The second-order valence-corrected chi connectivity index (χ2v) is 4.31. The number of pyridine rings is 1. The fourth-order valence-corrected chi connectivity index (χ4v) is 2.59. The summed E-state index contributed by atoms with van der Waals surface area (Å²) in [4.78, 5) is 4.54. The summed E-state index contributed by atoms with van der Waals surface area (Å²) in [5.74, 6) is 0.587. The van der Waals surface area contributed by atoms with E-state index < -0.39 is 0 Å². The van der Waals surface area contributed by atoms with Gasteiger partial charge in [-0.25, -0.2) is 0 Å². The number of aryl methyl sites for hydroxylation is 2. The molecule has 0 fully saturated rings. The normalized spacial score (nSPS) is 21.3. The van der Waals surface area contributed by atoms with Crippen LogP contribution in [-0.4, -0.2) is 4.98 Å². The molecule has 0 aliphatic heterocycles. The fraction of sp³-hybridized carbons (Fsp3) is 0.545. The van der Waals surface area contributed by atoms with Crippen LogP contribution in [0, 0.1) is 6.92 Å². The molecule has 1 unspecified atom stereocenters. The van der Waals surface area contributed by atoms with E-state index in [0.717, 1.165) is 17.1 Å². The predicted octanol–water partition coefficient (Wildman–Crippen LogP) is 3.48. The molecule has 0 bridgehead atoms. The van der Waals surface area contributed by atoms with Gasteiger partial charge in [0, 0.05) is 16.4 Å². The SMILES string of the molecule is Cc1cc(Cl)c2c(n1)CCCC2C. The number of fused-ring (bicyclic) bond motifs is 1. The average molecular weight is 196 g/mol. The lowest BCUT2D eigenvalue weighted by atomic mass is 9.87. The first-order valence-electron chi connectivity index (χ1n) is 4.84. The zero-order valence-electron chi connectivity index (χ0n) is 8.10. The van der Waals surface area contributed by atoms with Gasteiger partial charge in [-0.05, 0) is 43.7 Å². The van der Waals surface area contributed by atoms with E-state index in [-0.39, 0.29) is 0 Å². The highest BCUT2D eigenvalue weighted by atomic mass is 35.5. The highest BCUT2D eigenvalue weighted by Crippen LogP contribution is 2.35. The van der Waals surface area contributed by atoms with Gasteiger partial charge in [0.25, 0.3) is 0 Å². The van der Waals surface area contributed by atoms with Crippen molar-refractivity contribution >= 4 is 11.6 Å². The molecule has 0 spiro atoms. The van der Waals surface area contributed by atoms with Gasteiger partial charge in [0.05, 0.1) is 0 Å². The summed E-state index contributed by atoms with van der Waals surface area (Å²) in [6.07, 6.45) is 3.60. The number of rotatable bonds is 0. The van der Waals surface area contributed by atoms with Crippen molar-refractivity contribution in [3.8, 4) is 0 Å². The van der Waals surface area contributed by atoms with Crippen molar-refractivity contribution in [3.63, 3.8) is 0 Å². The molecule has 70 valence electrons. The van der Waals surface area contributed by atoms with Crippen molar-refractivity contribution in [2.75, 3.05) is 0 Å². The van der Waals surface area contributed by atoms with Gasteiger partial charge in [-0.15, -0.1) is 0 Å². The van der Waals surface area contributed by atoms with E-state index in [1.807, 2.05) is 13.0 Å². The lowest BCUT2D eigenvalue weighted by Crippen LogP contribution is -2.10. The molecule has 2 heteroatoms. The summed E-state index contributed by atoms with van der Waals surface area (Å²) in [6.45, 7) is 4.24. The molecule has 0 N–H and O–H groups in total. The van der Waals surface area contributed by atoms with E-state index in [4.69, 9.17) is 11.6 Å². The van der Waals surface area contributed by atoms with Crippen LogP contribution >= 0.6 is 11.6 Å². The quantitative estimate of drug-likeness (QED) is 0.618. The summed E-state index contributed by atoms with van der Waals surface area (Å²) in [6, 6.07) is 1.97. The molecule has 1 aliphatic carbocycles. The first kappa shape index (κ1) is 9.01. The van der Waals surface area contributed by atoms with Crippen LogP contribution in [0.2, 0.25) is 5.02 Å². The maximum absolute atomic E-state index is 6.20. The Kier molecular flexibility index (Phi) is 2.29. The zero-order valence-corrected chi connectivity index (χ0v) is 8.86.